The molecule has 0 bridgehead atoms. The Balaban J connectivity index is 1.88. The van der Waals surface area contributed by atoms with Gasteiger partial charge in [0.2, 0.25) is 5.91 Å². The second-order valence-electron chi connectivity index (χ2n) is 5.54. The molecule has 0 radical (unpaired) electrons. The molecule has 6 nitrogen and oxygen atoms in total. The van der Waals surface area contributed by atoms with Crippen molar-refractivity contribution in [3.05, 3.63) is 54.6 Å². The van der Waals surface area contributed by atoms with Crippen molar-refractivity contribution >= 4 is 11.9 Å². The third-order valence-electron chi connectivity index (χ3n) is 3.77. The number of amides is 1. The van der Waals surface area contributed by atoms with E-state index in [0.717, 1.165) is 5.56 Å². The van der Waals surface area contributed by atoms with Crippen molar-refractivity contribution < 1.29 is 14.7 Å². The monoisotopic (exact) mass is 315 g/mol. The summed E-state index contributed by atoms with van der Waals surface area (Å²) < 4.78 is 1.88. The first kappa shape index (κ1) is 16.7. The Morgan fingerprint density at radius 2 is 2.04 bits per heavy atom. The van der Waals surface area contributed by atoms with E-state index in [1.165, 1.54) is 0 Å². The molecule has 0 aliphatic heterocycles. The van der Waals surface area contributed by atoms with Crippen LogP contribution in [0.5, 0.6) is 0 Å². The minimum Gasteiger partial charge on any atom is -0.481 e. The molecular formula is C17H21N3O3. The average molecular weight is 315 g/mol. The van der Waals surface area contributed by atoms with Crippen LogP contribution in [0.2, 0.25) is 0 Å². The van der Waals surface area contributed by atoms with Gasteiger partial charge in [-0.15, -0.1) is 0 Å². The van der Waals surface area contributed by atoms with Gasteiger partial charge in [0.25, 0.3) is 0 Å². The van der Waals surface area contributed by atoms with Gasteiger partial charge in [0, 0.05) is 39.0 Å². The molecule has 0 aliphatic carbocycles. The SMILES string of the molecule is CN(CCn1ccnc1)C(=O)C[C@H](Cc1ccccc1)C(=O)O. The maximum absolute atomic E-state index is 12.2. The molecule has 2 aromatic rings. The zero-order valence-corrected chi connectivity index (χ0v) is 13.1. The predicted octanol–water partition coefficient (Wildman–Crippen LogP) is 1.68. The third kappa shape index (κ3) is 5.25. The molecule has 0 unspecified atom stereocenters. The first-order valence-electron chi connectivity index (χ1n) is 7.52. The van der Waals surface area contributed by atoms with Crippen LogP contribution in [0.3, 0.4) is 0 Å². The maximum atomic E-state index is 12.2. The van der Waals surface area contributed by atoms with E-state index in [1.54, 1.807) is 24.5 Å². The molecule has 2 rings (SSSR count). The normalized spacial score (nSPS) is 11.9. The summed E-state index contributed by atoms with van der Waals surface area (Å²) in [6.45, 7) is 1.16. The molecule has 0 saturated heterocycles. The van der Waals surface area contributed by atoms with E-state index in [1.807, 2.05) is 41.1 Å². The standard InChI is InChI=1S/C17H21N3O3/c1-19(9-10-20-8-7-18-13-20)16(21)12-15(17(22)23)11-14-5-3-2-4-6-14/h2-8,13,15H,9-12H2,1H3,(H,22,23)/t15-/m0/s1. The average Bonchev–Trinajstić information content (AvgIpc) is 3.06. The molecule has 0 fully saturated rings. The highest BCUT2D eigenvalue weighted by Gasteiger charge is 2.23. The van der Waals surface area contributed by atoms with E-state index in [2.05, 4.69) is 4.98 Å². The molecule has 0 aliphatic rings. The number of likely N-dealkylation sites (N-methyl/N-ethyl adjacent to an activating group) is 1. The number of aliphatic carboxylic acids is 1. The smallest absolute Gasteiger partial charge is 0.307 e. The van der Waals surface area contributed by atoms with Crippen LogP contribution in [0.15, 0.2) is 49.1 Å². The summed E-state index contributed by atoms with van der Waals surface area (Å²) in [4.78, 5) is 29.2. The lowest BCUT2D eigenvalue weighted by Crippen LogP contribution is -2.33. The Labute approximate surface area is 135 Å². The number of aromatic nitrogens is 2. The highest BCUT2D eigenvalue weighted by atomic mass is 16.4. The number of benzene rings is 1. The van der Waals surface area contributed by atoms with Crippen LogP contribution in [-0.2, 0) is 22.6 Å². The van der Waals surface area contributed by atoms with Crippen molar-refractivity contribution in [2.24, 2.45) is 5.92 Å². The Kier molecular flexibility index (Phi) is 5.91. The van der Waals surface area contributed by atoms with Crippen molar-refractivity contribution in [2.45, 2.75) is 19.4 Å². The van der Waals surface area contributed by atoms with Crippen molar-refractivity contribution in [3.63, 3.8) is 0 Å². The number of rotatable bonds is 8. The number of carbonyl (C=O) groups excluding carboxylic acids is 1. The van der Waals surface area contributed by atoms with E-state index in [4.69, 9.17) is 0 Å². The Morgan fingerprint density at radius 1 is 1.30 bits per heavy atom. The third-order valence-corrected chi connectivity index (χ3v) is 3.77. The quantitative estimate of drug-likeness (QED) is 0.804. The van der Waals surface area contributed by atoms with Gasteiger partial charge in [-0.3, -0.25) is 9.59 Å². The summed E-state index contributed by atoms with van der Waals surface area (Å²) in [7, 11) is 1.70. The molecule has 1 aromatic heterocycles. The van der Waals surface area contributed by atoms with Gasteiger partial charge in [-0.2, -0.15) is 0 Å². The van der Waals surface area contributed by atoms with Gasteiger partial charge in [0.1, 0.15) is 0 Å². The van der Waals surface area contributed by atoms with Crippen LogP contribution in [0.4, 0.5) is 0 Å². The summed E-state index contributed by atoms with van der Waals surface area (Å²) in [5, 5.41) is 9.36. The van der Waals surface area contributed by atoms with Crippen molar-refractivity contribution in [1.82, 2.24) is 14.5 Å². The maximum Gasteiger partial charge on any atom is 0.307 e. The van der Waals surface area contributed by atoms with E-state index in [9.17, 15) is 14.7 Å². The van der Waals surface area contributed by atoms with Crippen LogP contribution in [0, 0.1) is 5.92 Å². The molecular weight excluding hydrogens is 294 g/mol. The summed E-state index contributed by atoms with van der Waals surface area (Å²) in [6, 6.07) is 9.38. The number of nitrogens with zero attached hydrogens (tertiary/aromatic N) is 3. The van der Waals surface area contributed by atoms with Crippen molar-refractivity contribution in [3.8, 4) is 0 Å². The largest absolute Gasteiger partial charge is 0.481 e. The lowest BCUT2D eigenvalue weighted by molar-refractivity contribution is -0.145. The van der Waals surface area contributed by atoms with Crippen molar-refractivity contribution in [1.29, 1.82) is 0 Å². The molecule has 0 saturated carbocycles. The predicted molar refractivity (Wildman–Crippen MR) is 85.8 cm³/mol. The van der Waals surface area contributed by atoms with Gasteiger partial charge in [0.15, 0.2) is 0 Å². The molecule has 1 atom stereocenters. The van der Waals surface area contributed by atoms with Crippen LogP contribution >= 0.6 is 0 Å². The van der Waals surface area contributed by atoms with E-state index >= 15 is 0 Å². The Morgan fingerprint density at radius 3 is 2.65 bits per heavy atom. The van der Waals surface area contributed by atoms with E-state index in [0.29, 0.717) is 19.5 Å². The second-order valence-corrected chi connectivity index (χ2v) is 5.54. The molecule has 6 heteroatoms. The van der Waals surface area contributed by atoms with Crippen LogP contribution < -0.4 is 0 Å². The second kappa shape index (κ2) is 8.12. The fourth-order valence-electron chi connectivity index (χ4n) is 2.32. The molecule has 1 aromatic carbocycles. The first-order valence-corrected chi connectivity index (χ1v) is 7.52. The van der Waals surface area contributed by atoms with Crippen molar-refractivity contribution in [2.75, 3.05) is 13.6 Å². The Bertz CT molecular complexity index is 626. The molecule has 122 valence electrons. The first-order chi connectivity index (χ1) is 11.1. The number of imidazole rings is 1. The zero-order valence-electron chi connectivity index (χ0n) is 13.1. The minimum atomic E-state index is -0.940. The van der Waals surface area contributed by atoms with E-state index in [-0.39, 0.29) is 12.3 Å². The topological polar surface area (TPSA) is 75.4 Å². The molecule has 1 N–H and O–H groups in total. The Hall–Kier alpha value is -2.63. The van der Waals surface area contributed by atoms with Gasteiger partial charge in [-0.25, -0.2) is 4.98 Å². The molecule has 1 amide bonds. The number of hydrogen-bond acceptors (Lipinski definition) is 3. The van der Waals surface area contributed by atoms with Gasteiger partial charge in [0.05, 0.1) is 12.2 Å². The number of hydrogen-bond donors (Lipinski definition) is 1. The van der Waals surface area contributed by atoms with Gasteiger partial charge in [-0.05, 0) is 12.0 Å². The highest BCUT2D eigenvalue weighted by molar-refractivity contribution is 5.82. The van der Waals surface area contributed by atoms with Crippen LogP contribution in [0.1, 0.15) is 12.0 Å². The van der Waals surface area contributed by atoms with Gasteiger partial charge >= 0.3 is 5.97 Å². The van der Waals surface area contributed by atoms with E-state index < -0.39 is 11.9 Å². The molecule has 23 heavy (non-hydrogen) atoms. The number of carboxylic acids is 1. The molecule has 0 spiro atoms. The van der Waals surface area contributed by atoms with Gasteiger partial charge < -0.3 is 14.6 Å². The fourth-order valence-corrected chi connectivity index (χ4v) is 2.32. The van der Waals surface area contributed by atoms with Crippen LogP contribution in [-0.4, -0.2) is 45.0 Å². The summed E-state index contributed by atoms with van der Waals surface area (Å²) in [5.74, 6) is -1.81. The fraction of sp³-hybridized carbons (Fsp3) is 0.353. The van der Waals surface area contributed by atoms with Crippen LogP contribution in [0.25, 0.3) is 0 Å². The summed E-state index contributed by atoms with van der Waals surface area (Å²) in [6.07, 6.45) is 5.56. The molecule has 1 heterocycles. The lowest BCUT2D eigenvalue weighted by Gasteiger charge is -2.20. The highest BCUT2D eigenvalue weighted by Crippen LogP contribution is 2.14. The zero-order chi connectivity index (χ0) is 16.7. The summed E-state index contributed by atoms with van der Waals surface area (Å²) >= 11 is 0. The lowest BCUT2D eigenvalue weighted by atomic mass is 9.96. The summed E-state index contributed by atoms with van der Waals surface area (Å²) in [5.41, 5.74) is 0.925. The number of carboxylic acid groups (broad SMARTS) is 1. The van der Waals surface area contributed by atoms with Gasteiger partial charge in [-0.1, -0.05) is 30.3 Å². The minimum absolute atomic E-state index is 0.00462. The number of carbonyl (C=O) groups is 2.